The van der Waals surface area contributed by atoms with Crippen LogP contribution in [0.4, 0.5) is 0 Å². The van der Waals surface area contributed by atoms with Crippen LogP contribution in [0, 0.1) is 29.6 Å². The van der Waals surface area contributed by atoms with E-state index in [1.54, 1.807) is 0 Å². The summed E-state index contributed by atoms with van der Waals surface area (Å²) in [5, 5.41) is 3.28. The van der Waals surface area contributed by atoms with E-state index in [0.717, 1.165) is 37.8 Å². The first-order valence-electron chi connectivity index (χ1n) is 8.32. The first kappa shape index (κ1) is 13.9. The molecule has 3 aliphatic carbocycles. The van der Waals surface area contributed by atoms with Crippen molar-refractivity contribution in [3.63, 3.8) is 0 Å². The van der Waals surface area contributed by atoms with E-state index in [9.17, 15) is 4.79 Å². The summed E-state index contributed by atoms with van der Waals surface area (Å²) in [6.45, 7) is 1.89. The van der Waals surface area contributed by atoms with Gasteiger partial charge in [-0.2, -0.15) is 0 Å². The number of carbonyl (C=O) groups is 1. The molecule has 0 spiro atoms. The minimum Gasteiger partial charge on any atom is -0.391 e. The molecule has 1 amide bonds. The van der Waals surface area contributed by atoms with Crippen molar-refractivity contribution >= 4 is 23.1 Å². The maximum atomic E-state index is 12.8. The molecular formula is C16H25N3OS. The summed E-state index contributed by atoms with van der Waals surface area (Å²) in [6.07, 6.45) is 5.77. The maximum absolute atomic E-state index is 12.8. The third kappa shape index (κ3) is 2.04. The number of nitrogens with zero attached hydrogens (tertiary/aromatic N) is 1. The Morgan fingerprint density at radius 2 is 1.81 bits per heavy atom. The molecule has 3 saturated carbocycles. The summed E-state index contributed by atoms with van der Waals surface area (Å²) in [6, 6.07) is 0. The van der Waals surface area contributed by atoms with E-state index in [4.69, 9.17) is 18.0 Å². The zero-order chi connectivity index (χ0) is 14.8. The van der Waals surface area contributed by atoms with Gasteiger partial charge in [-0.3, -0.25) is 4.79 Å². The summed E-state index contributed by atoms with van der Waals surface area (Å²) >= 11 is 5.30. The van der Waals surface area contributed by atoms with Crippen LogP contribution in [0.5, 0.6) is 0 Å². The molecule has 21 heavy (non-hydrogen) atoms. The van der Waals surface area contributed by atoms with Gasteiger partial charge >= 0.3 is 0 Å². The van der Waals surface area contributed by atoms with Crippen LogP contribution in [0.15, 0.2) is 0 Å². The summed E-state index contributed by atoms with van der Waals surface area (Å²) in [5.74, 6) is 3.51. The fraction of sp³-hybridized carbons (Fsp3) is 0.875. The number of thiocarbonyl (C=S) groups is 1. The molecule has 0 radical (unpaired) electrons. The van der Waals surface area contributed by atoms with Crippen molar-refractivity contribution in [2.75, 3.05) is 20.1 Å². The van der Waals surface area contributed by atoms with Crippen molar-refractivity contribution in [3.05, 3.63) is 0 Å². The Labute approximate surface area is 131 Å². The Morgan fingerprint density at radius 1 is 1.24 bits per heavy atom. The molecule has 0 aromatic rings. The molecule has 3 N–H and O–H groups in total. The van der Waals surface area contributed by atoms with E-state index in [-0.39, 0.29) is 11.8 Å². The van der Waals surface area contributed by atoms with Crippen molar-refractivity contribution in [3.8, 4) is 0 Å². The zero-order valence-corrected chi connectivity index (χ0v) is 13.5. The highest BCUT2D eigenvalue weighted by Crippen LogP contribution is 2.69. The van der Waals surface area contributed by atoms with Crippen LogP contribution in [0.25, 0.3) is 0 Å². The molecule has 1 aliphatic heterocycles. The first-order chi connectivity index (χ1) is 10.0. The number of rotatable bonds is 3. The van der Waals surface area contributed by atoms with Crippen LogP contribution in [0.3, 0.4) is 0 Å². The smallest absolute Gasteiger partial charge is 0.224 e. The predicted octanol–water partition coefficient (Wildman–Crippen LogP) is 1.15. The SMILES string of the molecule is CN1CCC(NC(=O)C2C3C4CCC(C4)C23)(C(N)=S)CC1. The maximum Gasteiger partial charge on any atom is 0.224 e. The van der Waals surface area contributed by atoms with E-state index in [1.807, 2.05) is 0 Å². The van der Waals surface area contributed by atoms with Crippen LogP contribution in [0.2, 0.25) is 0 Å². The molecule has 5 heteroatoms. The quantitative estimate of drug-likeness (QED) is 0.768. The molecule has 4 rings (SSSR count). The Bertz CT molecular complexity index is 470. The lowest BCUT2D eigenvalue weighted by Crippen LogP contribution is -2.61. The van der Waals surface area contributed by atoms with Gasteiger partial charge in [0.15, 0.2) is 0 Å². The Hall–Kier alpha value is -0.680. The second-order valence-corrected chi connectivity index (χ2v) is 8.19. The van der Waals surface area contributed by atoms with Crippen LogP contribution < -0.4 is 11.1 Å². The molecule has 1 heterocycles. The van der Waals surface area contributed by atoms with Gasteiger partial charge < -0.3 is 16.0 Å². The highest BCUT2D eigenvalue weighted by Gasteiger charge is 2.67. The molecule has 4 aliphatic rings. The van der Waals surface area contributed by atoms with Gasteiger partial charge in [0.2, 0.25) is 5.91 Å². The van der Waals surface area contributed by atoms with Crippen LogP contribution in [-0.2, 0) is 4.79 Å². The second-order valence-electron chi connectivity index (χ2n) is 7.75. The highest BCUT2D eigenvalue weighted by atomic mass is 32.1. The number of fused-ring (bicyclic) bond motifs is 5. The number of carbonyl (C=O) groups excluding carboxylic acids is 1. The summed E-state index contributed by atoms with van der Waals surface area (Å²) in [7, 11) is 2.11. The van der Waals surface area contributed by atoms with Gasteiger partial charge in [0, 0.05) is 19.0 Å². The lowest BCUT2D eigenvalue weighted by Gasteiger charge is -2.40. The van der Waals surface area contributed by atoms with Gasteiger partial charge in [-0.15, -0.1) is 0 Å². The van der Waals surface area contributed by atoms with E-state index in [2.05, 4.69) is 17.3 Å². The molecule has 0 aromatic carbocycles. The Kier molecular flexibility index (Phi) is 3.09. The van der Waals surface area contributed by atoms with Crippen LogP contribution >= 0.6 is 12.2 Å². The topological polar surface area (TPSA) is 58.4 Å². The van der Waals surface area contributed by atoms with Gasteiger partial charge in [-0.05, 0) is 62.8 Å². The van der Waals surface area contributed by atoms with Crippen molar-refractivity contribution < 1.29 is 4.79 Å². The molecule has 4 unspecified atom stereocenters. The first-order valence-corrected chi connectivity index (χ1v) is 8.73. The number of amides is 1. The number of nitrogens with two attached hydrogens (primary N) is 1. The predicted molar refractivity (Wildman–Crippen MR) is 85.7 cm³/mol. The molecule has 116 valence electrons. The normalized spacial score (nSPS) is 43.4. The van der Waals surface area contributed by atoms with E-state index >= 15 is 0 Å². The highest BCUT2D eigenvalue weighted by molar-refractivity contribution is 7.80. The Balaban J connectivity index is 1.45. The van der Waals surface area contributed by atoms with E-state index in [0.29, 0.717) is 16.8 Å². The number of nitrogens with one attached hydrogen (secondary N) is 1. The van der Waals surface area contributed by atoms with Crippen LogP contribution in [-0.4, -0.2) is 41.5 Å². The monoisotopic (exact) mass is 307 g/mol. The summed E-state index contributed by atoms with van der Waals surface area (Å²) < 4.78 is 0. The molecular weight excluding hydrogens is 282 g/mol. The van der Waals surface area contributed by atoms with Gasteiger partial charge in [-0.25, -0.2) is 0 Å². The van der Waals surface area contributed by atoms with Crippen molar-refractivity contribution in [2.24, 2.45) is 35.3 Å². The Morgan fingerprint density at radius 3 is 2.33 bits per heavy atom. The minimum absolute atomic E-state index is 0.235. The molecule has 2 bridgehead atoms. The lowest BCUT2D eigenvalue weighted by molar-refractivity contribution is -0.125. The van der Waals surface area contributed by atoms with E-state index in [1.165, 1.54) is 19.3 Å². The largest absolute Gasteiger partial charge is 0.391 e. The summed E-state index contributed by atoms with van der Waals surface area (Å²) in [5.41, 5.74) is 5.56. The minimum atomic E-state index is -0.436. The fourth-order valence-corrected chi connectivity index (χ4v) is 5.68. The number of hydrogen-bond donors (Lipinski definition) is 2. The zero-order valence-electron chi connectivity index (χ0n) is 12.7. The van der Waals surface area contributed by atoms with E-state index < -0.39 is 5.54 Å². The molecule has 4 fully saturated rings. The van der Waals surface area contributed by atoms with Gasteiger partial charge in [0.25, 0.3) is 0 Å². The molecule has 1 saturated heterocycles. The standard InChI is InChI=1S/C16H25N3OS/c1-19-6-4-16(5-7-19,15(17)21)18-14(20)13-11-9-2-3-10(8-9)12(11)13/h9-13H,2-8H2,1H3,(H2,17,21)(H,18,20). The summed E-state index contributed by atoms with van der Waals surface area (Å²) in [4.78, 5) is 15.5. The average Bonchev–Trinajstić information content (AvgIpc) is 2.90. The van der Waals surface area contributed by atoms with Crippen molar-refractivity contribution in [2.45, 2.75) is 37.6 Å². The fourth-order valence-electron chi connectivity index (χ4n) is 5.43. The van der Waals surface area contributed by atoms with Gasteiger partial charge in [0.1, 0.15) is 0 Å². The van der Waals surface area contributed by atoms with Crippen LogP contribution in [0.1, 0.15) is 32.1 Å². The average molecular weight is 307 g/mol. The van der Waals surface area contributed by atoms with Crippen molar-refractivity contribution in [1.82, 2.24) is 10.2 Å². The van der Waals surface area contributed by atoms with Gasteiger partial charge in [-0.1, -0.05) is 12.2 Å². The third-order valence-electron chi connectivity index (χ3n) is 6.71. The molecule has 4 nitrogen and oxygen atoms in total. The van der Waals surface area contributed by atoms with Gasteiger partial charge in [0.05, 0.1) is 10.5 Å². The number of likely N-dealkylation sites (tertiary alicyclic amines) is 1. The lowest BCUT2D eigenvalue weighted by atomic mass is 9.87. The number of hydrogen-bond acceptors (Lipinski definition) is 3. The number of piperidine rings is 1. The molecule has 0 aromatic heterocycles. The third-order valence-corrected chi connectivity index (χ3v) is 7.10. The molecule has 4 atom stereocenters. The second kappa shape index (κ2) is 4.66. The van der Waals surface area contributed by atoms with Crippen molar-refractivity contribution in [1.29, 1.82) is 0 Å².